The van der Waals surface area contributed by atoms with E-state index in [9.17, 15) is 9.90 Å². The summed E-state index contributed by atoms with van der Waals surface area (Å²) in [6.07, 6.45) is 0.757. The highest BCUT2D eigenvalue weighted by Gasteiger charge is 2.50. The van der Waals surface area contributed by atoms with Gasteiger partial charge in [-0.1, -0.05) is 51.1 Å². The topological polar surface area (TPSA) is 37.3 Å². The molecule has 0 heterocycles. The molecular weight excluding hydrogens is 212 g/mol. The number of carboxylic acids is 1. The second-order valence-corrected chi connectivity index (χ2v) is 5.75. The lowest BCUT2D eigenvalue weighted by Crippen LogP contribution is -2.29. The third-order valence-electron chi connectivity index (χ3n) is 4.69. The van der Waals surface area contributed by atoms with E-state index in [-0.39, 0.29) is 11.3 Å². The maximum Gasteiger partial charge on any atom is 0.307 e. The summed E-state index contributed by atoms with van der Waals surface area (Å²) in [5, 5.41) is 9.33. The molecule has 0 spiro atoms. The molecule has 3 atom stereocenters. The summed E-state index contributed by atoms with van der Waals surface area (Å²) >= 11 is 0. The van der Waals surface area contributed by atoms with Crippen molar-refractivity contribution in [2.45, 2.75) is 33.1 Å². The van der Waals surface area contributed by atoms with Crippen molar-refractivity contribution in [2.24, 2.45) is 17.3 Å². The fourth-order valence-electron chi connectivity index (χ4n) is 3.14. The lowest BCUT2D eigenvalue weighted by atomic mass is 9.74. The molecule has 1 aromatic rings. The maximum atomic E-state index is 11.3. The Bertz CT molecular complexity index is 408. The Kier molecular flexibility index (Phi) is 2.98. The smallest absolute Gasteiger partial charge is 0.307 e. The van der Waals surface area contributed by atoms with Crippen molar-refractivity contribution in [3.8, 4) is 0 Å². The SMILES string of the molecule is C[C@H]1[C@H](c2ccccc2)C[C@@H](C(=O)O)C1(C)C. The Morgan fingerprint density at radius 1 is 1.29 bits per heavy atom. The van der Waals surface area contributed by atoms with Crippen LogP contribution >= 0.6 is 0 Å². The molecule has 1 aliphatic rings. The lowest BCUT2D eigenvalue weighted by Gasteiger charge is -2.30. The summed E-state index contributed by atoms with van der Waals surface area (Å²) in [5.41, 5.74) is 1.14. The summed E-state index contributed by atoms with van der Waals surface area (Å²) in [4.78, 5) is 11.3. The number of aliphatic carboxylic acids is 1. The van der Waals surface area contributed by atoms with E-state index in [0.29, 0.717) is 11.8 Å². The van der Waals surface area contributed by atoms with E-state index < -0.39 is 5.97 Å². The number of carbonyl (C=O) groups is 1. The second kappa shape index (κ2) is 4.17. The number of hydrogen-bond donors (Lipinski definition) is 1. The molecule has 2 heteroatoms. The third kappa shape index (κ3) is 1.97. The number of carboxylic acid groups (broad SMARTS) is 1. The molecule has 1 N–H and O–H groups in total. The Balaban J connectivity index is 2.32. The minimum absolute atomic E-state index is 0.133. The van der Waals surface area contributed by atoms with Crippen molar-refractivity contribution >= 4 is 5.97 Å². The van der Waals surface area contributed by atoms with Gasteiger partial charge in [-0.3, -0.25) is 4.79 Å². The molecule has 2 nitrogen and oxygen atoms in total. The highest BCUT2D eigenvalue weighted by Crippen LogP contribution is 2.54. The molecule has 1 saturated carbocycles. The van der Waals surface area contributed by atoms with Gasteiger partial charge in [-0.25, -0.2) is 0 Å². The van der Waals surface area contributed by atoms with Crippen molar-refractivity contribution in [3.05, 3.63) is 35.9 Å². The molecule has 1 aromatic carbocycles. The predicted octanol–water partition coefficient (Wildman–Crippen LogP) is 3.54. The van der Waals surface area contributed by atoms with Crippen LogP contribution in [0, 0.1) is 17.3 Å². The zero-order valence-electron chi connectivity index (χ0n) is 10.7. The fraction of sp³-hybridized carbons (Fsp3) is 0.533. The minimum Gasteiger partial charge on any atom is -0.481 e. The van der Waals surface area contributed by atoms with Crippen LogP contribution in [0.25, 0.3) is 0 Å². The minimum atomic E-state index is -0.653. The van der Waals surface area contributed by atoms with E-state index in [1.54, 1.807) is 0 Å². The summed E-state index contributed by atoms with van der Waals surface area (Å²) in [7, 11) is 0. The van der Waals surface area contributed by atoms with Gasteiger partial charge in [0, 0.05) is 0 Å². The van der Waals surface area contributed by atoms with Crippen molar-refractivity contribution < 1.29 is 9.90 Å². The summed E-state index contributed by atoms with van der Waals surface area (Å²) in [5.74, 6) is -0.124. The molecule has 0 unspecified atom stereocenters. The van der Waals surface area contributed by atoms with E-state index in [1.807, 2.05) is 18.2 Å². The fourth-order valence-corrected chi connectivity index (χ4v) is 3.14. The van der Waals surface area contributed by atoms with Crippen LogP contribution in [-0.4, -0.2) is 11.1 Å². The van der Waals surface area contributed by atoms with Gasteiger partial charge in [0.2, 0.25) is 0 Å². The third-order valence-corrected chi connectivity index (χ3v) is 4.69. The molecule has 1 aliphatic carbocycles. The van der Waals surface area contributed by atoms with Crippen LogP contribution < -0.4 is 0 Å². The van der Waals surface area contributed by atoms with Crippen LogP contribution in [0.4, 0.5) is 0 Å². The van der Waals surface area contributed by atoms with E-state index in [4.69, 9.17) is 0 Å². The first-order chi connectivity index (χ1) is 7.94. The zero-order chi connectivity index (χ0) is 12.6. The van der Waals surface area contributed by atoms with Gasteiger partial charge in [0.25, 0.3) is 0 Å². The normalized spacial score (nSPS) is 31.4. The van der Waals surface area contributed by atoms with Crippen molar-refractivity contribution in [2.75, 3.05) is 0 Å². The first-order valence-electron chi connectivity index (χ1n) is 6.22. The van der Waals surface area contributed by atoms with Crippen molar-refractivity contribution in [1.29, 1.82) is 0 Å². The van der Waals surface area contributed by atoms with Crippen LogP contribution in [0.15, 0.2) is 30.3 Å². The van der Waals surface area contributed by atoms with Crippen molar-refractivity contribution in [1.82, 2.24) is 0 Å². The zero-order valence-corrected chi connectivity index (χ0v) is 10.7. The largest absolute Gasteiger partial charge is 0.481 e. The van der Waals surface area contributed by atoms with Gasteiger partial charge in [-0.2, -0.15) is 0 Å². The van der Waals surface area contributed by atoms with Crippen molar-refractivity contribution in [3.63, 3.8) is 0 Å². The molecular formula is C15H20O2. The number of hydrogen-bond acceptors (Lipinski definition) is 1. The van der Waals surface area contributed by atoms with Gasteiger partial charge < -0.3 is 5.11 Å². The van der Waals surface area contributed by atoms with Gasteiger partial charge in [-0.05, 0) is 29.2 Å². The molecule has 0 saturated heterocycles. The highest BCUT2D eigenvalue weighted by atomic mass is 16.4. The lowest BCUT2D eigenvalue weighted by molar-refractivity contribution is -0.145. The van der Waals surface area contributed by atoms with E-state index >= 15 is 0 Å². The molecule has 0 amide bonds. The average Bonchev–Trinajstić information content (AvgIpc) is 2.52. The van der Waals surface area contributed by atoms with Gasteiger partial charge in [0.1, 0.15) is 0 Å². The second-order valence-electron chi connectivity index (χ2n) is 5.75. The highest BCUT2D eigenvalue weighted by molar-refractivity contribution is 5.72. The average molecular weight is 232 g/mol. The van der Waals surface area contributed by atoms with Gasteiger partial charge in [0.15, 0.2) is 0 Å². The van der Waals surface area contributed by atoms with Gasteiger partial charge in [-0.15, -0.1) is 0 Å². The summed E-state index contributed by atoms with van der Waals surface area (Å²) < 4.78 is 0. The number of rotatable bonds is 2. The molecule has 0 bridgehead atoms. The molecule has 0 aromatic heterocycles. The molecule has 0 radical (unpaired) electrons. The molecule has 1 fully saturated rings. The first kappa shape index (κ1) is 12.2. The standard InChI is InChI=1S/C15H20O2/c1-10-12(11-7-5-4-6-8-11)9-13(14(16)17)15(10,2)3/h4-8,10,12-13H,9H2,1-3H3,(H,16,17)/t10-,12+,13-/m0/s1. The predicted molar refractivity (Wildman–Crippen MR) is 67.9 cm³/mol. The molecule has 2 rings (SSSR count). The maximum absolute atomic E-state index is 11.3. The van der Waals surface area contributed by atoms with Gasteiger partial charge in [0.05, 0.1) is 5.92 Å². The van der Waals surface area contributed by atoms with Crippen LogP contribution in [0.1, 0.15) is 38.7 Å². The van der Waals surface area contributed by atoms with E-state index in [0.717, 1.165) is 6.42 Å². The monoisotopic (exact) mass is 232 g/mol. The van der Waals surface area contributed by atoms with Crippen LogP contribution in [0.5, 0.6) is 0 Å². The Morgan fingerprint density at radius 2 is 1.88 bits per heavy atom. The first-order valence-corrected chi connectivity index (χ1v) is 6.22. The molecule has 92 valence electrons. The Hall–Kier alpha value is -1.31. The van der Waals surface area contributed by atoms with Crippen LogP contribution in [0.3, 0.4) is 0 Å². The molecule has 17 heavy (non-hydrogen) atoms. The van der Waals surface area contributed by atoms with Crippen LogP contribution in [-0.2, 0) is 4.79 Å². The Morgan fingerprint density at radius 3 is 2.35 bits per heavy atom. The summed E-state index contributed by atoms with van der Waals surface area (Å²) in [6, 6.07) is 10.3. The summed E-state index contributed by atoms with van der Waals surface area (Å²) in [6.45, 7) is 6.35. The Labute approximate surface area is 103 Å². The molecule has 0 aliphatic heterocycles. The van der Waals surface area contributed by atoms with E-state index in [1.165, 1.54) is 5.56 Å². The van der Waals surface area contributed by atoms with Crippen LogP contribution in [0.2, 0.25) is 0 Å². The van der Waals surface area contributed by atoms with E-state index in [2.05, 4.69) is 32.9 Å². The number of benzene rings is 1. The quantitative estimate of drug-likeness (QED) is 0.846. The van der Waals surface area contributed by atoms with Gasteiger partial charge >= 0.3 is 5.97 Å².